The highest BCUT2D eigenvalue weighted by molar-refractivity contribution is 5.93. The SMILES string of the molecule is COc1cc(C(=O)O)ccc1C#CC(N)=O. The summed E-state index contributed by atoms with van der Waals surface area (Å²) in [6, 6.07) is 4.15. The van der Waals surface area contributed by atoms with Crippen molar-refractivity contribution >= 4 is 11.9 Å². The highest BCUT2D eigenvalue weighted by Gasteiger charge is 2.07. The molecule has 5 heteroatoms. The number of aromatic carboxylic acids is 1. The Morgan fingerprint density at radius 3 is 2.62 bits per heavy atom. The fourth-order valence-electron chi connectivity index (χ4n) is 1.06. The van der Waals surface area contributed by atoms with E-state index >= 15 is 0 Å². The van der Waals surface area contributed by atoms with Crippen molar-refractivity contribution in [2.75, 3.05) is 7.11 Å². The van der Waals surface area contributed by atoms with Gasteiger partial charge in [0.05, 0.1) is 18.2 Å². The maximum atomic E-state index is 10.7. The van der Waals surface area contributed by atoms with Crippen molar-refractivity contribution in [2.45, 2.75) is 0 Å². The van der Waals surface area contributed by atoms with Gasteiger partial charge in [0.2, 0.25) is 0 Å². The smallest absolute Gasteiger partial charge is 0.335 e. The lowest BCUT2D eigenvalue weighted by Gasteiger charge is -2.03. The molecule has 1 rings (SSSR count). The number of nitrogens with two attached hydrogens (primary N) is 1. The van der Waals surface area contributed by atoms with E-state index in [-0.39, 0.29) is 11.3 Å². The Morgan fingerprint density at radius 1 is 1.44 bits per heavy atom. The average molecular weight is 219 g/mol. The van der Waals surface area contributed by atoms with Crippen LogP contribution < -0.4 is 10.5 Å². The zero-order valence-electron chi connectivity index (χ0n) is 8.48. The molecule has 1 aromatic rings. The van der Waals surface area contributed by atoms with Gasteiger partial charge in [0.25, 0.3) is 5.91 Å². The van der Waals surface area contributed by atoms with Gasteiger partial charge in [-0.25, -0.2) is 4.79 Å². The molecule has 0 aliphatic carbocycles. The summed E-state index contributed by atoms with van der Waals surface area (Å²) in [4.78, 5) is 21.1. The van der Waals surface area contributed by atoms with Gasteiger partial charge in [-0.3, -0.25) is 4.79 Å². The molecule has 0 spiro atoms. The van der Waals surface area contributed by atoms with Crippen LogP contribution in [0, 0.1) is 11.8 Å². The van der Waals surface area contributed by atoms with Crippen LogP contribution in [0.15, 0.2) is 18.2 Å². The van der Waals surface area contributed by atoms with Crippen LogP contribution in [0.5, 0.6) is 5.75 Å². The van der Waals surface area contributed by atoms with E-state index in [9.17, 15) is 9.59 Å². The van der Waals surface area contributed by atoms with Crippen LogP contribution in [0.4, 0.5) is 0 Å². The Morgan fingerprint density at radius 2 is 2.12 bits per heavy atom. The topological polar surface area (TPSA) is 89.6 Å². The molecule has 0 aromatic heterocycles. The van der Waals surface area contributed by atoms with E-state index in [0.29, 0.717) is 5.56 Å². The molecule has 0 heterocycles. The van der Waals surface area contributed by atoms with Crippen LogP contribution >= 0.6 is 0 Å². The van der Waals surface area contributed by atoms with Crippen molar-refractivity contribution in [1.29, 1.82) is 0 Å². The third kappa shape index (κ3) is 2.75. The first-order chi connectivity index (χ1) is 7.54. The van der Waals surface area contributed by atoms with Gasteiger partial charge in [-0.05, 0) is 18.2 Å². The largest absolute Gasteiger partial charge is 0.495 e. The van der Waals surface area contributed by atoms with E-state index in [4.69, 9.17) is 15.6 Å². The number of carboxylic acids is 1. The van der Waals surface area contributed by atoms with Gasteiger partial charge >= 0.3 is 5.97 Å². The molecule has 0 atom stereocenters. The van der Waals surface area contributed by atoms with Gasteiger partial charge in [0.15, 0.2) is 0 Å². The first-order valence-corrected chi connectivity index (χ1v) is 4.27. The van der Waals surface area contributed by atoms with Gasteiger partial charge in [-0.1, -0.05) is 5.92 Å². The van der Waals surface area contributed by atoms with Crippen LogP contribution in [-0.2, 0) is 4.79 Å². The number of rotatable bonds is 2. The Kier molecular flexibility index (Phi) is 3.51. The normalized spacial score (nSPS) is 8.81. The number of hydrogen-bond acceptors (Lipinski definition) is 3. The maximum Gasteiger partial charge on any atom is 0.335 e. The van der Waals surface area contributed by atoms with Crippen LogP contribution in [-0.4, -0.2) is 24.1 Å². The molecule has 3 N–H and O–H groups in total. The summed E-state index contributed by atoms with van der Waals surface area (Å²) in [7, 11) is 1.39. The summed E-state index contributed by atoms with van der Waals surface area (Å²) in [6.45, 7) is 0. The van der Waals surface area contributed by atoms with Crippen LogP contribution in [0.1, 0.15) is 15.9 Å². The molecular weight excluding hydrogens is 210 g/mol. The molecule has 5 nitrogen and oxygen atoms in total. The molecule has 0 bridgehead atoms. The number of primary amides is 1. The lowest BCUT2D eigenvalue weighted by molar-refractivity contribution is -0.112. The van der Waals surface area contributed by atoms with Gasteiger partial charge in [-0.2, -0.15) is 0 Å². The molecule has 1 amide bonds. The standard InChI is InChI=1S/C11H9NO4/c1-16-9-6-8(11(14)15)3-2-7(9)4-5-10(12)13/h2-3,6H,1H3,(H2,12,13)(H,14,15). The first kappa shape index (κ1) is 11.6. The third-order valence-corrected chi connectivity index (χ3v) is 1.77. The highest BCUT2D eigenvalue weighted by atomic mass is 16.5. The Balaban J connectivity index is 3.18. The predicted molar refractivity (Wildman–Crippen MR) is 56.0 cm³/mol. The molecule has 16 heavy (non-hydrogen) atoms. The maximum absolute atomic E-state index is 10.7. The van der Waals surface area contributed by atoms with E-state index in [2.05, 4.69) is 11.8 Å². The number of methoxy groups -OCH3 is 1. The number of benzene rings is 1. The molecule has 1 aromatic carbocycles. The van der Waals surface area contributed by atoms with Gasteiger partial charge in [-0.15, -0.1) is 0 Å². The predicted octanol–water partition coefficient (Wildman–Crippen LogP) is 0.230. The summed E-state index contributed by atoms with van der Waals surface area (Å²) in [5.74, 6) is 3.10. The Labute approximate surface area is 91.8 Å². The first-order valence-electron chi connectivity index (χ1n) is 4.27. The average Bonchev–Trinajstić information content (AvgIpc) is 2.25. The van der Waals surface area contributed by atoms with Crippen LogP contribution in [0.3, 0.4) is 0 Å². The summed E-state index contributed by atoms with van der Waals surface area (Å²) in [5.41, 5.74) is 5.36. The summed E-state index contributed by atoms with van der Waals surface area (Å²) >= 11 is 0. The van der Waals surface area contributed by atoms with Gasteiger partial charge in [0, 0.05) is 5.92 Å². The van der Waals surface area contributed by atoms with E-state index in [1.807, 2.05) is 0 Å². The summed E-state index contributed by atoms with van der Waals surface area (Å²) in [5, 5.41) is 8.75. The molecule has 0 unspecified atom stereocenters. The van der Waals surface area contributed by atoms with Crippen molar-refractivity contribution in [3.05, 3.63) is 29.3 Å². The van der Waals surface area contributed by atoms with Crippen molar-refractivity contribution in [1.82, 2.24) is 0 Å². The monoisotopic (exact) mass is 219 g/mol. The molecule has 0 aliphatic rings. The number of carbonyl (C=O) groups is 2. The van der Waals surface area contributed by atoms with Crippen molar-refractivity contribution in [3.8, 4) is 17.6 Å². The minimum atomic E-state index is -1.06. The Bertz CT molecular complexity index is 496. The zero-order valence-corrected chi connectivity index (χ0v) is 8.48. The van der Waals surface area contributed by atoms with Gasteiger partial charge < -0.3 is 15.6 Å². The second-order valence-electron chi connectivity index (χ2n) is 2.83. The highest BCUT2D eigenvalue weighted by Crippen LogP contribution is 2.19. The molecule has 0 aliphatic heterocycles. The van der Waals surface area contributed by atoms with E-state index in [1.165, 1.54) is 25.3 Å². The second-order valence-corrected chi connectivity index (χ2v) is 2.83. The summed E-state index contributed by atoms with van der Waals surface area (Å²) < 4.78 is 4.95. The molecular formula is C11H9NO4. The quantitative estimate of drug-likeness (QED) is 0.697. The van der Waals surface area contributed by atoms with E-state index < -0.39 is 11.9 Å². The minimum Gasteiger partial charge on any atom is -0.495 e. The number of amides is 1. The fraction of sp³-hybridized carbons (Fsp3) is 0.0909. The lowest BCUT2D eigenvalue weighted by atomic mass is 10.1. The molecule has 82 valence electrons. The van der Waals surface area contributed by atoms with Crippen molar-refractivity contribution in [3.63, 3.8) is 0 Å². The van der Waals surface area contributed by atoms with Crippen molar-refractivity contribution in [2.24, 2.45) is 5.73 Å². The van der Waals surface area contributed by atoms with Gasteiger partial charge in [0.1, 0.15) is 5.75 Å². The molecule has 0 saturated carbocycles. The third-order valence-electron chi connectivity index (χ3n) is 1.77. The fourth-order valence-corrected chi connectivity index (χ4v) is 1.06. The molecule has 0 fully saturated rings. The number of hydrogen-bond donors (Lipinski definition) is 2. The van der Waals surface area contributed by atoms with E-state index in [1.54, 1.807) is 0 Å². The summed E-state index contributed by atoms with van der Waals surface area (Å²) in [6.07, 6.45) is 0. The number of carbonyl (C=O) groups excluding carboxylic acids is 1. The second kappa shape index (κ2) is 4.84. The van der Waals surface area contributed by atoms with Crippen LogP contribution in [0.2, 0.25) is 0 Å². The van der Waals surface area contributed by atoms with Crippen LogP contribution in [0.25, 0.3) is 0 Å². The molecule has 0 saturated heterocycles. The number of carboxylic acid groups (broad SMARTS) is 1. The minimum absolute atomic E-state index is 0.0847. The van der Waals surface area contributed by atoms with Crippen molar-refractivity contribution < 1.29 is 19.4 Å². The van der Waals surface area contributed by atoms with E-state index in [0.717, 1.165) is 0 Å². The molecule has 0 radical (unpaired) electrons. The lowest BCUT2D eigenvalue weighted by Crippen LogP contribution is -2.06. The Hall–Kier alpha value is -2.48. The number of ether oxygens (including phenoxy) is 1. The zero-order chi connectivity index (χ0) is 12.1.